The highest BCUT2D eigenvalue weighted by molar-refractivity contribution is 6.32. The molecule has 13 heavy (non-hydrogen) atoms. The molecule has 0 spiro atoms. The van der Waals surface area contributed by atoms with E-state index in [1.54, 1.807) is 18.2 Å². The molecule has 1 rings (SSSR count). The zero-order valence-electron chi connectivity index (χ0n) is 7.74. The molecule has 0 N–H and O–H groups in total. The van der Waals surface area contributed by atoms with Crippen molar-refractivity contribution in [3.8, 4) is 11.8 Å². The normalized spacial score (nSPS) is 9.69. The highest BCUT2D eigenvalue weighted by Crippen LogP contribution is 2.16. The Morgan fingerprint density at radius 1 is 1.46 bits per heavy atom. The summed E-state index contributed by atoms with van der Waals surface area (Å²) in [4.78, 5) is 0. The van der Waals surface area contributed by atoms with Gasteiger partial charge < -0.3 is 4.74 Å². The minimum atomic E-state index is 0.0655. The molecule has 0 saturated carbocycles. The minimum absolute atomic E-state index is 0.0655. The van der Waals surface area contributed by atoms with E-state index < -0.39 is 0 Å². The number of benzene rings is 1. The molecule has 64 valence electrons. The summed E-state index contributed by atoms with van der Waals surface area (Å²) in [6.45, 7) is 3.83. The molecule has 1 aromatic carbocycles. The molecule has 0 aliphatic carbocycles. The molecule has 0 aliphatic rings. The monoisotopic (exact) mass is 171 g/mol. The van der Waals surface area contributed by atoms with Crippen LogP contribution in [0.5, 0.6) is 5.75 Å². The van der Waals surface area contributed by atoms with Gasteiger partial charge in [-0.25, -0.2) is 0 Å². The topological polar surface area (TPSA) is 33.0 Å². The Morgan fingerprint density at radius 3 is 2.69 bits per heavy atom. The first-order chi connectivity index (χ1) is 6.13. The average Bonchev–Trinajstić information content (AvgIpc) is 2.07. The van der Waals surface area contributed by atoms with Crippen molar-refractivity contribution in [2.24, 2.45) is 0 Å². The summed E-state index contributed by atoms with van der Waals surface area (Å²) in [7, 11) is 5.53. The molecule has 0 aliphatic heterocycles. The van der Waals surface area contributed by atoms with Crippen LogP contribution in [0.1, 0.15) is 19.4 Å². The van der Waals surface area contributed by atoms with E-state index in [0.717, 1.165) is 0 Å². The lowest BCUT2D eigenvalue weighted by Crippen LogP contribution is -2.09. The maximum atomic E-state index is 8.77. The second-order valence-corrected chi connectivity index (χ2v) is 3.03. The van der Waals surface area contributed by atoms with Gasteiger partial charge in [0, 0.05) is 0 Å². The zero-order valence-corrected chi connectivity index (χ0v) is 7.74. The first-order valence-electron chi connectivity index (χ1n) is 4.09. The van der Waals surface area contributed by atoms with Crippen LogP contribution < -0.4 is 10.2 Å². The Hall–Kier alpha value is -1.43. The van der Waals surface area contributed by atoms with Gasteiger partial charge in [-0.3, -0.25) is 0 Å². The summed E-state index contributed by atoms with van der Waals surface area (Å²) in [6, 6.07) is 7.08. The Morgan fingerprint density at radius 2 is 2.15 bits per heavy atom. The van der Waals surface area contributed by atoms with Gasteiger partial charge in [0.15, 0.2) is 0 Å². The third-order valence-corrected chi connectivity index (χ3v) is 1.49. The van der Waals surface area contributed by atoms with E-state index >= 15 is 0 Å². The van der Waals surface area contributed by atoms with Crippen LogP contribution >= 0.6 is 0 Å². The van der Waals surface area contributed by atoms with Crippen molar-refractivity contribution in [3.63, 3.8) is 0 Å². The molecule has 2 nitrogen and oxygen atoms in total. The van der Waals surface area contributed by atoms with Crippen molar-refractivity contribution in [1.82, 2.24) is 0 Å². The second kappa shape index (κ2) is 4.00. The minimum Gasteiger partial charge on any atom is -0.490 e. The van der Waals surface area contributed by atoms with Crippen LogP contribution in [-0.2, 0) is 0 Å². The van der Waals surface area contributed by atoms with Crippen LogP contribution in [0.3, 0.4) is 0 Å². The summed E-state index contributed by atoms with van der Waals surface area (Å²) in [6.07, 6.45) is 0.0655. The van der Waals surface area contributed by atoms with Gasteiger partial charge >= 0.3 is 0 Å². The van der Waals surface area contributed by atoms with E-state index in [2.05, 4.69) is 0 Å². The van der Waals surface area contributed by atoms with Crippen molar-refractivity contribution >= 4 is 13.3 Å². The maximum absolute atomic E-state index is 8.77. The lowest BCUT2D eigenvalue weighted by atomic mass is 9.94. The number of nitrogens with zero attached hydrogens (tertiary/aromatic N) is 1. The summed E-state index contributed by atoms with van der Waals surface area (Å²) in [5.41, 5.74) is 1.06. The number of rotatable bonds is 2. The molecule has 0 fully saturated rings. The molecule has 0 heterocycles. The van der Waals surface area contributed by atoms with Crippen LogP contribution in [0.25, 0.3) is 0 Å². The third-order valence-electron chi connectivity index (χ3n) is 1.49. The van der Waals surface area contributed by atoms with Crippen molar-refractivity contribution < 1.29 is 4.74 Å². The van der Waals surface area contributed by atoms with Gasteiger partial charge in [0.1, 0.15) is 19.7 Å². The van der Waals surface area contributed by atoms with Gasteiger partial charge in [-0.2, -0.15) is 5.26 Å². The van der Waals surface area contributed by atoms with Crippen LogP contribution in [0, 0.1) is 11.3 Å². The van der Waals surface area contributed by atoms with Crippen LogP contribution in [0.2, 0.25) is 0 Å². The molecule has 0 aromatic heterocycles. The van der Waals surface area contributed by atoms with E-state index in [1.165, 1.54) is 0 Å². The molecule has 3 heteroatoms. The van der Waals surface area contributed by atoms with Crippen LogP contribution in [0.4, 0.5) is 0 Å². The molecular weight excluding hydrogens is 161 g/mol. The molecule has 0 unspecified atom stereocenters. The van der Waals surface area contributed by atoms with Gasteiger partial charge in [-0.15, -0.1) is 0 Å². The molecule has 0 saturated heterocycles. The quantitative estimate of drug-likeness (QED) is 0.625. The number of ether oxygens (including phenoxy) is 1. The van der Waals surface area contributed by atoms with Gasteiger partial charge in [-0.05, 0) is 26.0 Å². The van der Waals surface area contributed by atoms with E-state index in [4.69, 9.17) is 17.8 Å². The first-order valence-corrected chi connectivity index (χ1v) is 4.09. The largest absolute Gasteiger partial charge is 0.490 e. The van der Waals surface area contributed by atoms with Gasteiger partial charge in [-0.1, -0.05) is 11.5 Å². The van der Waals surface area contributed by atoms with Gasteiger partial charge in [0.05, 0.1) is 11.7 Å². The standard InChI is InChI=1S/C10H10BNO/c1-7(2)13-10-4-3-9(11)5-8(10)6-12/h3-5,7H,1-2H3. The predicted octanol–water partition coefficient (Wildman–Crippen LogP) is 1.14. The van der Waals surface area contributed by atoms with E-state index in [0.29, 0.717) is 16.8 Å². The van der Waals surface area contributed by atoms with Crippen molar-refractivity contribution in [3.05, 3.63) is 23.8 Å². The average molecular weight is 171 g/mol. The Kier molecular flexibility index (Phi) is 2.97. The number of nitriles is 1. The highest BCUT2D eigenvalue weighted by atomic mass is 16.5. The molecule has 2 radical (unpaired) electrons. The molecule has 1 aromatic rings. The van der Waals surface area contributed by atoms with E-state index in [1.807, 2.05) is 19.9 Å². The fourth-order valence-corrected chi connectivity index (χ4v) is 0.992. The zero-order chi connectivity index (χ0) is 9.84. The van der Waals surface area contributed by atoms with E-state index in [-0.39, 0.29) is 6.10 Å². The number of hydrogen-bond donors (Lipinski definition) is 0. The molecule has 0 atom stereocenters. The summed E-state index contributed by atoms with van der Waals surface area (Å²) in [5.74, 6) is 0.590. The molecular formula is C10H10BNO. The predicted molar refractivity (Wildman–Crippen MR) is 52.3 cm³/mol. The Balaban J connectivity index is 3.01. The van der Waals surface area contributed by atoms with Gasteiger partial charge in [0.2, 0.25) is 0 Å². The van der Waals surface area contributed by atoms with Crippen molar-refractivity contribution in [1.29, 1.82) is 5.26 Å². The second-order valence-electron chi connectivity index (χ2n) is 3.03. The van der Waals surface area contributed by atoms with Crippen molar-refractivity contribution in [2.75, 3.05) is 0 Å². The SMILES string of the molecule is [B]c1ccc(OC(C)C)c(C#N)c1. The van der Waals surface area contributed by atoms with Crippen LogP contribution in [-0.4, -0.2) is 14.0 Å². The Bertz CT molecular complexity index is 341. The maximum Gasteiger partial charge on any atom is 0.137 e. The molecule has 0 bridgehead atoms. The third kappa shape index (κ3) is 2.52. The smallest absolute Gasteiger partial charge is 0.137 e. The lowest BCUT2D eigenvalue weighted by molar-refractivity contribution is 0.242. The Labute approximate surface area is 79.5 Å². The highest BCUT2D eigenvalue weighted by Gasteiger charge is 2.04. The summed E-state index contributed by atoms with van der Waals surface area (Å²) < 4.78 is 5.41. The van der Waals surface area contributed by atoms with E-state index in [9.17, 15) is 0 Å². The fraction of sp³-hybridized carbons (Fsp3) is 0.300. The number of hydrogen-bond acceptors (Lipinski definition) is 2. The molecule has 0 amide bonds. The van der Waals surface area contributed by atoms with Crippen LogP contribution in [0.15, 0.2) is 18.2 Å². The van der Waals surface area contributed by atoms with Crippen molar-refractivity contribution in [2.45, 2.75) is 20.0 Å². The fourth-order valence-electron chi connectivity index (χ4n) is 0.992. The first kappa shape index (κ1) is 9.66. The summed E-state index contributed by atoms with van der Waals surface area (Å²) in [5, 5.41) is 8.77. The summed E-state index contributed by atoms with van der Waals surface area (Å²) >= 11 is 0. The van der Waals surface area contributed by atoms with Gasteiger partial charge in [0.25, 0.3) is 0 Å². The lowest BCUT2D eigenvalue weighted by Gasteiger charge is -2.11.